The van der Waals surface area contributed by atoms with Crippen molar-refractivity contribution in [3.8, 4) is 0 Å². The average Bonchev–Trinajstić information content (AvgIpc) is 2.76. The van der Waals surface area contributed by atoms with E-state index in [4.69, 9.17) is 0 Å². The highest BCUT2D eigenvalue weighted by Crippen LogP contribution is 2.27. The Kier molecular flexibility index (Phi) is 2.94. The second-order valence-electron chi connectivity index (χ2n) is 5.96. The van der Waals surface area contributed by atoms with E-state index in [2.05, 4.69) is 59.9 Å². The number of aryl methyl sites for hydroxylation is 1. The summed E-state index contributed by atoms with van der Waals surface area (Å²) in [6, 6.07) is 8.74. The molecule has 0 bridgehead atoms. The van der Waals surface area contributed by atoms with Gasteiger partial charge in [0.1, 0.15) is 0 Å². The Morgan fingerprint density at radius 3 is 2.74 bits per heavy atom. The van der Waals surface area contributed by atoms with Crippen molar-refractivity contribution >= 4 is 0 Å². The molecule has 0 aliphatic carbocycles. The van der Waals surface area contributed by atoms with Crippen molar-refractivity contribution in [2.75, 3.05) is 6.54 Å². The lowest BCUT2D eigenvalue weighted by molar-refractivity contribution is 0.357. The number of benzene rings is 1. The predicted octanol–water partition coefficient (Wildman–Crippen LogP) is 2.62. The Bertz CT molecular complexity index is 579. The first-order valence-electron chi connectivity index (χ1n) is 6.91. The molecular formula is C16H21N3. The minimum atomic E-state index is 0.00871. The summed E-state index contributed by atoms with van der Waals surface area (Å²) < 4.78 is 2.28. The van der Waals surface area contributed by atoms with Crippen LogP contribution in [0.3, 0.4) is 0 Å². The van der Waals surface area contributed by atoms with Crippen LogP contribution < -0.4 is 5.32 Å². The van der Waals surface area contributed by atoms with Crippen LogP contribution in [-0.4, -0.2) is 16.1 Å². The molecule has 0 fully saturated rings. The molecule has 100 valence electrons. The van der Waals surface area contributed by atoms with Gasteiger partial charge in [-0.3, -0.25) is 0 Å². The third-order valence-corrected chi connectivity index (χ3v) is 3.91. The lowest BCUT2D eigenvalue weighted by Gasteiger charge is -2.32. The molecule has 3 heteroatoms. The van der Waals surface area contributed by atoms with Crippen molar-refractivity contribution in [3.05, 3.63) is 53.1 Å². The molecular weight excluding hydrogens is 234 g/mol. The summed E-state index contributed by atoms with van der Waals surface area (Å²) in [7, 11) is 0. The van der Waals surface area contributed by atoms with Gasteiger partial charge in [0.2, 0.25) is 0 Å². The van der Waals surface area contributed by atoms with Gasteiger partial charge in [0.15, 0.2) is 0 Å². The number of hydrogen-bond donors (Lipinski definition) is 1. The molecule has 2 heterocycles. The van der Waals surface area contributed by atoms with Gasteiger partial charge < -0.3 is 9.88 Å². The van der Waals surface area contributed by atoms with Gasteiger partial charge in [0.05, 0.1) is 23.3 Å². The zero-order valence-corrected chi connectivity index (χ0v) is 11.9. The van der Waals surface area contributed by atoms with E-state index < -0.39 is 0 Å². The predicted molar refractivity (Wildman–Crippen MR) is 77.2 cm³/mol. The smallest absolute Gasteiger partial charge is 0.0955 e. The highest BCUT2D eigenvalue weighted by atomic mass is 15.1. The van der Waals surface area contributed by atoms with Crippen molar-refractivity contribution in [1.82, 2.24) is 14.9 Å². The highest BCUT2D eigenvalue weighted by molar-refractivity contribution is 5.27. The van der Waals surface area contributed by atoms with Crippen LogP contribution in [0.1, 0.15) is 36.4 Å². The van der Waals surface area contributed by atoms with E-state index in [-0.39, 0.29) is 5.54 Å². The molecule has 0 spiro atoms. The fraction of sp³-hybridized carbons (Fsp3) is 0.438. The van der Waals surface area contributed by atoms with Crippen molar-refractivity contribution in [2.45, 2.75) is 39.3 Å². The maximum absolute atomic E-state index is 4.59. The number of nitrogens with zero attached hydrogens (tertiary/aromatic N) is 2. The fourth-order valence-electron chi connectivity index (χ4n) is 2.91. The molecule has 0 saturated heterocycles. The van der Waals surface area contributed by atoms with Gasteiger partial charge in [-0.1, -0.05) is 29.8 Å². The van der Waals surface area contributed by atoms with Crippen molar-refractivity contribution in [2.24, 2.45) is 0 Å². The molecule has 1 aliphatic rings. The Hall–Kier alpha value is -1.61. The van der Waals surface area contributed by atoms with Crippen LogP contribution >= 0.6 is 0 Å². The Morgan fingerprint density at radius 1 is 1.26 bits per heavy atom. The Labute approximate surface area is 114 Å². The average molecular weight is 255 g/mol. The first-order chi connectivity index (χ1) is 9.06. The maximum atomic E-state index is 4.59. The summed E-state index contributed by atoms with van der Waals surface area (Å²) in [5.74, 6) is 0. The summed E-state index contributed by atoms with van der Waals surface area (Å²) in [5.41, 5.74) is 5.22. The maximum Gasteiger partial charge on any atom is 0.0955 e. The lowest BCUT2D eigenvalue weighted by Crippen LogP contribution is -2.44. The molecule has 1 aromatic heterocycles. The van der Waals surface area contributed by atoms with Crippen LogP contribution in [0.5, 0.6) is 0 Å². The number of fused-ring (bicyclic) bond motifs is 1. The molecule has 19 heavy (non-hydrogen) atoms. The zero-order valence-electron chi connectivity index (χ0n) is 11.9. The molecule has 3 rings (SSSR count). The second-order valence-corrected chi connectivity index (χ2v) is 5.96. The van der Waals surface area contributed by atoms with E-state index >= 15 is 0 Å². The number of hydrogen-bond acceptors (Lipinski definition) is 2. The van der Waals surface area contributed by atoms with Gasteiger partial charge >= 0.3 is 0 Å². The Balaban J connectivity index is 1.94. The first kappa shape index (κ1) is 12.4. The van der Waals surface area contributed by atoms with E-state index in [1.807, 2.05) is 6.33 Å². The Morgan fingerprint density at radius 2 is 2.00 bits per heavy atom. The molecule has 0 atom stereocenters. The van der Waals surface area contributed by atoms with Crippen LogP contribution in [0.4, 0.5) is 0 Å². The van der Waals surface area contributed by atoms with E-state index in [1.165, 1.54) is 22.5 Å². The molecule has 1 N–H and O–H groups in total. The third-order valence-electron chi connectivity index (χ3n) is 3.91. The number of imidazole rings is 1. The molecule has 0 unspecified atom stereocenters. The molecule has 0 radical (unpaired) electrons. The summed E-state index contributed by atoms with van der Waals surface area (Å²) in [6.07, 6.45) is 3.01. The fourth-order valence-corrected chi connectivity index (χ4v) is 2.91. The van der Waals surface area contributed by atoms with Gasteiger partial charge in [0.25, 0.3) is 0 Å². The standard InChI is InChI=1S/C16H21N3/c1-12-4-6-13(7-5-12)10-19-11-17-14-8-9-18-16(2,3)15(14)19/h4-7,11,18H,8-10H2,1-3H3. The largest absolute Gasteiger partial charge is 0.328 e. The molecule has 0 saturated carbocycles. The molecule has 1 aliphatic heterocycles. The quantitative estimate of drug-likeness (QED) is 0.894. The first-order valence-corrected chi connectivity index (χ1v) is 6.91. The van der Waals surface area contributed by atoms with Crippen molar-refractivity contribution < 1.29 is 0 Å². The third kappa shape index (κ3) is 2.30. The second kappa shape index (κ2) is 4.49. The lowest BCUT2D eigenvalue weighted by atomic mass is 9.93. The molecule has 1 aromatic carbocycles. The minimum absolute atomic E-state index is 0.00871. The number of rotatable bonds is 2. The van der Waals surface area contributed by atoms with Crippen molar-refractivity contribution in [1.29, 1.82) is 0 Å². The highest BCUT2D eigenvalue weighted by Gasteiger charge is 2.31. The van der Waals surface area contributed by atoms with E-state index in [0.717, 1.165) is 19.5 Å². The van der Waals surface area contributed by atoms with Gasteiger partial charge in [-0.2, -0.15) is 0 Å². The van der Waals surface area contributed by atoms with E-state index in [1.54, 1.807) is 0 Å². The van der Waals surface area contributed by atoms with Crippen LogP contribution in [0.15, 0.2) is 30.6 Å². The topological polar surface area (TPSA) is 29.9 Å². The summed E-state index contributed by atoms with van der Waals surface area (Å²) in [4.78, 5) is 4.59. The van der Waals surface area contributed by atoms with Gasteiger partial charge in [-0.05, 0) is 26.3 Å². The van der Waals surface area contributed by atoms with E-state index in [9.17, 15) is 0 Å². The SMILES string of the molecule is Cc1ccc(Cn2cnc3c2C(C)(C)NCC3)cc1. The monoisotopic (exact) mass is 255 g/mol. The van der Waals surface area contributed by atoms with Gasteiger partial charge in [-0.15, -0.1) is 0 Å². The molecule has 2 aromatic rings. The minimum Gasteiger partial charge on any atom is -0.328 e. The van der Waals surface area contributed by atoms with Gasteiger partial charge in [-0.25, -0.2) is 4.98 Å². The summed E-state index contributed by atoms with van der Waals surface area (Å²) >= 11 is 0. The number of nitrogens with one attached hydrogen (secondary N) is 1. The van der Waals surface area contributed by atoms with Crippen LogP contribution in [0.25, 0.3) is 0 Å². The van der Waals surface area contributed by atoms with Crippen LogP contribution in [0, 0.1) is 6.92 Å². The normalized spacial score (nSPS) is 17.2. The van der Waals surface area contributed by atoms with Crippen molar-refractivity contribution in [3.63, 3.8) is 0 Å². The van der Waals surface area contributed by atoms with Crippen LogP contribution in [0.2, 0.25) is 0 Å². The summed E-state index contributed by atoms with van der Waals surface area (Å²) in [5, 5.41) is 3.58. The zero-order chi connectivity index (χ0) is 13.5. The molecule has 0 amide bonds. The van der Waals surface area contributed by atoms with Gasteiger partial charge in [0, 0.05) is 19.5 Å². The molecule has 3 nitrogen and oxygen atoms in total. The van der Waals surface area contributed by atoms with E-state index in [0.29, 0.717) is 0 Å². The van der Waals surface area contributed by atoms with Crippen LogP contribution in [-0.2, 0) is 18.5 Å². The number of aromatic nitrogens is 2. The summed E-state index contributed by atoms with van der Waals surface area (Å²) in [6.45, 7) is 8.50.